The van der Waals surface area contributed by atoms with Crippen molar-refractivity contribution in [3.8, 4) is 5.75 Å². The summed E-state index contributed by atoms with van der Waals surface area (Å²) in [4.78, 5) is 15.1. The van der Waals surface area contributed by atoms with Crippen molar-refractivity contribution in [1.82, 2.24) is 10.2 Å². The molecule has 0 fully saturated rings. The molecular formula is C23H26N2O2. The maximum Gasteiger partial charge on any atom is 0.237 e. The van der Waals surface area contributed by atoms with Crippen LogP contribution in [0.25, 0.3) is 5.57 Å². The third kappa shape index (κ3) is 3.91. The normalized spacial score (nSPS) is 20.8. The van der Waals surface area contributed by atoms with Crippen molar-refractivity contribution in [2.45, 2.75) is 31.8 Å². The van der Waals surface area contributed by atoms with E-state index < -0.39 is 0 Å². The molecule has 1 N–H and O–H groups in total. The number of rotatable bonds is 4. The van der Waals surface area contributed by atoms with Gasteiger partial charge in [0.2, 0.25) is 5.91 Å². The highest BCUT2D eigenvalue weighted by Gasteiger charge is 2.28. The molecule has 2 atom stereocenters. The van der Waals surface area contributed by atoms with Gasteiger partial charge in [-0.1, -0.05) is 54.6 Å². The van der Waals surface area contributed by atoms with Crippen molar-refractivity contribution >= 4 is 11.5 Å². The van der Waals surface area contributed by atoms with Crippen LogP contribution in [0.4, 0.5) is 0 Å². The molecule has 0 bridgehead atoms. The second kappa shape index (κ2) is 7.97. The highest BCUT2D eigenvalue weighted by atomic mass is 16.5. The van der Waals surface area contributed by atoms with E-state index in [4.69, 9.17) is 4.74 Å². The first-order valence-electron chi connectivity index (χ1n) is 9.73. The minimum Gasteiger partial charge on any atom is -0.493 e. The molecule has 2 aromatic carbocycles. The zero-order valence-electron chi connectivity index (χ0n) is 15.7. The van der Waals surface area contributed by atoms with Crippen LogP contribution >= 0.6 is 0 Å². The number of benzene rings is 2. The van der Waals surface area contributed by atoms with Crippen LogP contribution in [-0.2, 0) is 4.79 Å². The molecule has 0 unspecified atom stereocenters. The van der Waals surface area contributed by atoms with Gasteiger partial charge in [0.25, 0.3) is 0 Å². The summed E-state index contributed by atoms with van der Waals surface area (Å²) in [5.41, 5.74) is 3.74. The predicted octanol–water partition coefficient (Wildman–Crippen LogP) is 3.80. The Hall–Kier alpha value is -2.59. The lowest BCUT2D eigenvalue weighted by molar-refractivity contribution is -0.126. The number of amides is 1. The summed E-state index contributed by atoms with van der Waals surface area (Å²) >= 11 is 0. The van der Waals surface area contributed by atoms with E-state index in [0.717, 1.165) is 37.2 Å². The van der Waals surface area contributed by atoms with E-state index in [1.165, 1.54) is 11.1 Å². The third-order valence-electron chi connectivity index (χ3n) is 5.59. The summed E-state index contributed by atoms with van der Waals surface area (Å²) in [5, 5.41) is 3.23. The van der Waals surface area contributed by atoms with Gasteiger partial charge in [-0.3, -0.25) is 9.69 Å². The molecular weight excluding hydrogens is 336 g/mol. The van der Waals surface area contributed by atoms with Crippen molar-refractivity contribution in [3.05, 3.63) is 71.8 Å². The van der Waals surface area contributed by atoms with Gasteiger partial charge >= 0.3 is 0 Å². The van der Waals surface area contributed by atoms with E-state index in [-0.39, 0.29) is 18.0 Å². The Bertz CT molecular complexity index is 831. The van der Waals surface area contributed by atoms with Gasteiger partial charge in [0.05, 0.1) is 18.7 Å². The van der Waals surface area contributed by atoms with E-state index in [2.05, 4.69) is 40.6 Å². The SMILES string of the molecule is C[C@H](C(=O)N[C@@H]1CCOc2ccccc21)N1CC=C(c2ccccc2)CC1. The Morgan fingerprint density at radius 2 is 1.93 bits per heavy atom. The number of ether oxygens (including phenoxy) is 1. The topological polar surface area (TPSA) is 41.6 Å². The van der Waals surface area contributed by atoms with E-state index in [1.807, 2.05) is 37.3 Å². The Morgan fingerprint density at radius 3 is 2.70 bits per heavy atom. The molecule has 140 valence electrons. The Balaban J connectivity index is 1.39. The predicted molar refractivity (Wildman–Crippen MR) is 108 cm³/mol. The fourth-order valence-corrected chi connectivity index (χ4v) is 3.90. The summed E-state index contributed by atoms with van der Waals surface area (Å²) in [6.45, 7) is 4.36. The van der Waals surface area contributed by atoms with Crippen LogP contribution in [0.3, 0.4) is 0 Å². The second-order valence-electron chi connectivity index (χ2n) is 7.25. The molecule has 2 aliphatic heterocycles. The molecule has 0 spiro atoms. The lowest BCUT2D eigenvalue weighted by Crippen LogP contribution is -2.48. The quantitative estimate of drug-likeness (QED) is 0.899. The van der Waals surface area contributed by atoms with Gasteiger partial charge in [0.1, 0.15) is 5.75 Å². The molecule has 2 aliphatic rings. The van der Waals surface area contributed by atoms with Crippen molar-refractivity contribution in [3.63, 3.8) is 0 Å². The van der Waals surface area contributed by atoms with Crippen LogP contribution in [0.15, 0.2) is 60.7 Å². The first-order chi connectivity index (χ1) is 13.2. The van der Waals surface area contributed by atoms with Gasteiger partial charge in [0, 0.05) is 25.1 Å². The second-order valence-corrected chi connectivity index (χ2v) is 7.25. The molecule has 4 rings (SSSR count). The maximum absolute atomic E-state index is 12.9. The van der Waals surface area contributed by atoms with E-state index in [1.54, 1.807) is 0 Å². The molecule has 1 amide bonds. The Labute approximate surface area is 160 Å². The van der Waals surface area contributed by atoms with Gasteiger partial charge in [-0.05, 0) is 30.5 Å². The van der Waals surface area contributed by atoms with Crippen molar-refractivity contribution in [2.75, 3.05) is 19.7 Å². The first kappa shape index (κ1) is 17.8. The molecule has 0 saturated carbocycles. The van der Waals surface area contributed by atoms with Crippen LogP contribution in [0, 0.1) is 0 Å². The number of hydrogen-bond donors (Lipinski definition) is 1. The van der Waals surface area contributed by atoms with E-state index in [0.29, 0.717) is 6.61 Å². The summed E-state index contributed by atoms with van der Waals surface area (Å²) in [6, 6.07) is 18.4. The molecule has 2 aromatic rings. The maximum atomic E-state index is 12.9. The zero-order chi connectivity index (χ0) is 18.6. The molecule has 4 nitrogen and oxygen atoms in total. The van der Waals surface area contributed by atoms with Gasteiger partial charge in [-0.15, -0.1) is 0 Å². The average molecular weight is 362 g/mol. The number of hydrogen-bond acceptors (Lipinski definition) is 3. The molecule has 0 saturated heterocycles. The number of nitrogens with zero attached hydrogens (tertiary/aromatic N) is 1. The minimum atomic E-state index is -0.145. The smallest absolute Gasteiger partial charge is 0.237 e. The van der Waals surface area contributed by atoms with Crippen LogP contribution in [0.5, 0.6) is 5.75 Å². The van der Waals surface area contributed by atoms with Gasteiger partial charge in [-0.2, -0.15) is 0 Å². The third-order valence-corrected chi connectivity index (χ3v) is 5.59. The Kier molecular flexibility index (Phi) is 5.26. The molecule has 27 heavy (non-hydrogen) atoms. The Morgan fingerprint density at radius 1 is 1.15 bits per heavy atom. The highest BCUT2D eigenvalue weighted by molar-refractivity contribution is 5.82. The van der Waals surface area contributed by atoms with Gasteiger partial charge in [-0.25, -0.2) is 0 Å². The summed E-state index contributed by atoms with van der Waals surface area (Å²) in [6.07, 6.45) is 4.04. The number of fused-ring (bicyclic) bond motifs is 1. The van der Waals surface area contributed by atoms with Crippen molar-refractivity contribution in [2.24, 2.45) is 0 Å². The number of nitrogens with one attached hydrogen (secondary N) is 1. The van der Waals surface area contributed by atoms with Crippen LogP contribution in [0.1, 0.15) is 36.9 Å². The molecule has 4 heteroatoms. The zero-order valence-corrected chi connectivity index (χ0v) is 15.7. The largest absolute Gasteiger partial charge is 0.493 e. The van der Waals surface area contributed by atoms with Crippen molar-refractivity contribution < 1.29 is 9.53 Å². The lowest BCUT2D eigenvalue weighted by Gasteiger charge is -2.33. The summed E-state index contributed by atoms with van der Waals surface area (Å²) < 4.78 is 5.70. The van der Waals surface area contributed by atoms with E-state index in [9.17, 15) is 4.79 Å². The number of para-hydroxylation sites is 1. The first-order valence-corrected chi connectivity index (χ1v) is 9.73. The fourth-order valence-electron chi connectivity index (χ4n) is 3.90. The highest BCUT2D eigenvalue weighted by Crippen LogP contribution is 2.31. The van der Waals surface area contributed by atoms with Crippen LogP contribution in [0.2, 0.25) is 0 Å². The lowest BCUT2D eigenvalue weighted by atomic mass is 9.98. The number of carbonyl (C=O) groups is 1. The summed E-state index contributed by atoms with van der Waals surface area (Å²) in [7, 11) is 0. The van der Waals surface area contributed by atoms with Crippen molar-refractivity contribution in [1.29, 1.82) is 0 Å². The minimum absolute atomic E-state index is 0.0325. The molecule has 2 heterocycles. The van der Waals surface area contributed by atoms with Crippen LogP contribution in [-0.4, -0.2) is 36.5 Å². The van der Waals surface area contributed by atoms with Gasteiger partial charge in [0.15, 0.2) is 0 Å². The van der Waals surface area contributed by atoms with Gasteiger partial charge < -0.3 is 10.1 Å². The molecule has 0 aromatic heterocycles. The number of carbonyl (C=O) groups excluding carboxylic acids is 1. The van der Waals surface area contributed by atoms with E-state index >= 15 is 0 Å². The monoisotopic (exact) mass is 362 g/mol. The fraction of sp³-hybridized carbons (Fsp3) is 0.348. The molecule has 0 radical (unpaired) electrons. The average Bonchev–Trinajstić information content (AvgIpc) is 2.74. The molecule has 0 aliphatic carbocycles. The standard InChI is InChI=1S/C23H26N2O2/c1-17(25-14-11-19(12-15-25)18-7-3-2-4-8-18)23(26)24-21-13-16-27-22-10-6-5-9-20(21)22/h2-11,17,21H,12-16H2,1H3,(H,24,26)/t17-,21-/m1/s1. The van der Waals surface area contributed by atoms with Crippen LogP contribution < -0.4 is 10.1 Å². The summed E-state index contributed by atoms with van der Waals surface area (Å²) in [5.74, 6) is 0.975.